The Labute approximate surface area is 277 Å². The van der Waals surface area contributed by atoms with E-state index >= 15 is 0 Å². The first kappa shape index (κ1) is 28.9. The average molecular weight is 634 g/mol. The van der Waals surface area contributed by atoms with Crippen molar-refractivity contribution in [1.82, 2.24) is 24.1 Å². The number of nitrogens with zero attached hydrogens (tertiary/aromatic N) is 5. The molecule has 4 heterocycles. The van der Waals surface area contributed by atoms with Crippen LogP contribution in [0.25, 0.3) is 39.4 Å². The van der Waals surface area contributed by atoms with Gasteiger partial charge in [-0.1, -0.05) is 103 Å². The molecule has 228 valence electrons. The van der Waals surface area contributed by atoms with Gasteiger partial charge in [0, 0.05) is 41.2 Å². The number of hydrogen-bond donors (Lipinski definition) is 0. The van der Waals surface area contributed by atoms with Crippen LogP contribution >= 0.6 is 11.6 Å². The fourth-order valence-electron chi connectivity index (χ4n) is 6.79. The summed E-state index contributed by atoms with van der Waals surface area (Å²) in [5, 5.41) is 5.92. The molecule has 0 saturated heterocycles. The molecule has 7 heteroatoms. The second kappa shape index (κ2) is 12.0. The van der Waals surface area contributed by atoms with Crippen molar-refractivity contribution in [2.45, 2.75) is 12.0 Å². The first-order chi connectivity index (χ1) is 23.1. The third-order valence-electron chi connectivity index (χ3n) is 8.94. The van der Waals surface area contributed by atoms with Crippen molar-refractivity contribution in [2.75, 3.05) is 0 Å². The summed E-state index contributed by atoms with van der Waals surface area (Å²) in [6, 6.07) is 35.3. The molecule has 5 nitrogen and oxygen atoms in total. The standard InChI is InChI=1S/C40H29ClFN5/c41-35-24-29(26-46-37(25-44-39(35)46)36-18-10-11-23-43-36)34-27-47(45-38(34)28-19-21-33(42)22-20-28)40(30-12-4-1-5-13-30,31-14-6-2-7-15-31)32-16-8-3-9-17-32/h1-16,18-27,32H,17H2. The minimum atomic E-state index is -0.709. The Morgan fingerprint density at radius 1 is 0.766 bits per heavy atom. The second-order valence-corrected chi connectivity index (χ2v) is 12.0. The molecule has 0 saturated carbocycles. The largest absolute Gasteiger partial charge is 0.296 e. The van der Waals surface area contributed by atoms with E-state index in [1.807, 2.05) is 47.0 Å². The molecule has 47 heavy (non-hydrogen) atoms. The predicted molar refractivity (Wildman–Crippen MR) is 185 cm³/mol. The zero-order chi connectivity index (χ0) is 31.8. The van der Waals surface area contributed by atoms with Gasteiger partial charge >= 0.3 is 0 Å². The van der Waals surface area contributed by atoms with Crippen LogP contribution in [-0.4, -0.2) is 24.1 Å². The van der Waals surface area contributed by atoms with Crippen molar-refractivity contribution < 1.29 is 4.39 Å². The molecule has 7 aromatic rings. The summed E-state index contributed by atoms with van der Waals surface area (Å²) in [4.78, 5) is 9.18. The fraction of sp³-hybridized carbons (Fsp3) is 0.0750. The van der Waals surface area contributed by atoms with Gasteiger partial charge < -0.3 is 0 Å². The molecule has 0 amide bonds. The maximum absolute atomic E-state index is 14.2. The van der Waals surface area contributed by atoms with Crippen molar-refractivity contribution in [3.63, 3.8) is 0 Å². The lowest BCUT2D eigenvalue weighted by molar-refractivity contribution is 0.293. The highest BCUT2D eigenvalue weighted by atomic mass is 35.5. The Hall–Kier alpha value is -5.59. The summed E-state index contributed by atoms with van der Waals surface area (Å²) in [7, 11) is 0. The molecule has 1 unspecified atom stereocenters. The van der Waals surface area contributed by atoms with Gasteiger partial charge in [-0.15, -0.1) is 0 Å². The summed E-state index contributed by atoms with van der Waals surface area (Å²) in [6.07, 6.45) is 17.2. The Balaban J connectivity index is 1.43. The van der Waals surface area contributed by atoms with Crippen LogP contribution in [0.5, 0.6) is 0 Å². The van der Waals surface area contributed by atoms with E-state index < -0.39 is 5.54 Å². The van der Waals surface area contributed by atoms with Gasteiger partial charge in [0.1, 0.15) is 17.1 Å². The van der Waals surface area contributed by atoms with Crippen LogP contribution in [0.1, 0.15) is 17.5 Å². The first-order valence-electron chi connectivity index (χ1n) is 15.5. The van der Waals surface area contributed by atoms with Crippen molar-refractivity contribution in [3.05, 3.63) is 180 Å². The van der Waals surface area contributed by atoms with Gasteiger partial charge in [-0.05, 0) is 60.0 Å². The molecule has 0 aliphatic heterocycles. The summed E-state index contributed by atoms with van der Waals surface area (Å²) in [6.45, 7) is 0. The predicted octanol–water partition coefficient (Wildman–Crippen LogP) is 9.64. The van der Waals surface area contributed by atoms with E-state index in [0.717, 1.165) is 45.6 Å². The van der Waals surface area contributed by atoms with Crippen LogP contribution in [0.3, 0.4) is 0 Å². The van der Waals surface area contributed by atoms with E-state index in [9.17, 15) is 4.39 Å². The molecule has 3 aromatic carbocycles. The molecule has 0 N–H and O–H groups in total. The maximum atomic E-state index is 14.2. The zero-order valence-corrected chi connectivity index (χ0v) is 26.0. The van der Waals surface area contributed by atoms with Crippen LogP contribution in [0.4, 0.5) is 4.39 Å². The quantitative estimate of drug-likeness (QED) is 0.176. The number of allylic oxidation sites excluding steroid dienone is 4. The van der Waals surface area contributed by atoms with Crippen molar-refractivity contribution in [1.29, 1.82) is 0 Å². The number of benzene rings is 3. The molecule has 8 rings (SSSR count). The van der Waals surface area contributed by atoms with E-state index in [0.29, 0.717) is 16.4 Å². The lowest BCUT2D eigenvalue weighted by atomic mass is 9.70. The van der Waals surface area contributed by atoms with Crippen LogP contribution in [0.2, 0.25) is 5.02 Å². The molecule has 1 aliphatic carbocycles. The van der Waals surface area contributed by atoms with Gasteiger partial charge in [-0.2, -0.15) is 5.10 Å². The third kappa shape index (κ3) is 4.98. The molecule has 0 spiro atoms. The lowest BCUT2D eigenvalue weighted by Crippen LogP contribution is -2.43. The number of fused-ring (bicyclic) bond motifs is 1. The molecule has 0 fully saturated rings. The van der Waals surface area contributed by atoms with Gasteiger partial charge in [-0.25, -0.2) is 9.37 Å². The maximum Gasteiger partial charge on any atom is 0.156 e. The van der Waals surface area contributed by atoms with Crippen LogP contribution in [0.15, 0.2) is 158 Å². The highest BCUT2D eigenvalue weighted by Crippen LogP contribution is 2.46. The molecule has 1 aliphatic rings. The minimum absolute atomic E-state index is 0.0431. The third-order valence-corrected chi connectivity index (χ3v) is 9.22. The van der Waals surface area contributed by atoms with Gasteiger partial charge in [0.25, 0.3) is 0 Å². The van der Waals surface area contributed by atoms with E-state index in [1.54, 1.807) is 24.5 Å². The Bertz CT molecular complexity index is 2200. The first-order valence-corrected chi connectivity index (χ1v) is 15.9. The lowest BCUT2D eigenvalue weighted by Gasteiger charge is -2.41. The van der Waals surface area contributed by atoms with Gasteiger partial charge in [0.15, 0.2) is 5.65 Å². The smallest absolute Gasteiger partial charge is 0.156 e. The summed E-state index contributed by atoms with van der Waals surface area (Å²) < 4.78 is 18.3. The monoisotopic (exact) mass is 633 g/mol. The van der Waals surface area contributed by atoms with E-state index in [1.165, 1.54) is 12.1 Å². The summed E-state index contributed by atoms with van der Waals surface area (Å²) in [5.41, 5.74) is 6.95. The van der Waals surface area contributed by atoms with Crippen molar-refractivity contribution in [3.8, 4) is 33.8 Å². The molecule has 4 aromatic heterocycles. The van der Waals surface area contributed by atoms with Crippen molar-refractivity contribution in [2.24, 2.45) is 5.92 Å². The topological polar surface area (TPSA) is 48.0 Å². The van der Waals surface area contributed by atoms with Gasteiger partial charge in [0.2, 0.25) is 0 Å². The highest BCUT2D eigenvalue weighted by molar-refractivity contribution is 6.33. The average Bonchev–Trinajstić information content (AvgIpc) is 3.77. The molecular formula is C40H29ClFN5. The summed E-state index contributed by atoms with van der Waals surface area (Å²) >= 11 is 6.94. The van der Waals surface area contributed by atoms with Gasteiger partial charge in [0.05, 0.1) is 22.6 Å². The Kier molecular flexibility index (Phi) is 7.35. The zero-order valence-electron chi connectivity index (χ0n) is 25.3. The van der Waals surface area contributed by atoms with Crippen LogP contribution < -0.4 is 0 Å². The Morgan fingerprint density at radius 3 is 2.15 bits per heavy atom. The normalized spacial score (nSPS) is 14.6. The van der Waals surface area contributed by atoms with Crippen molar-refractivity contribution >= 4 is 17.2 Å². The molecule has 0 radical (unpaired) electrons. The second-order valence-electron chi connectivity index (χ2n) is 11.6. The minimum Gasteiger partial charge on any atom is -0.296 e. The summed E-state index contributed by atoms with van der Waals surface area (Å²) in [5.74, 6) is -0.263. The number of hydrogen-bond acceptors (Lipinski definition) is 3. The van der Waals surface area contributed by atoms with E-state index in [2.05, 4.69) is 93.7 Å². The molecular weight excluding hydrogens is 605 g/mol. The van der Waals surface area contributed by atoms with Gasteiger partial charge in [-0.3, -0.25) is 14.1 Å². The number of pyridine rings is 2. The van der Waals surface area contributed by atoms with E-state index in [4.69, 9.17) is 16.7 Å². The number of halogens is 2. The number of imidazole rings is 1. The SMILES string of the molecule is Fc1ccc(-c2nn(C(c3ccccc3)(c3ccccc3)C3C=CC=CC3)cc2-c2cc(Cl)c3ncc(-c4ccccn4)n3c2)cc1. The molecule has 1 atom stereocenters. The Morgan fingerprint density at radius 2 is 1.49 bits per heavy atom. The van der Waals surface area contributed by atoms with Crippen LogP contribution in [0, 0.1) is 11.7 Å². The van der Waals surface area contributed by atoms with E-state index in [-0.39, 0.29) is 11.7 Å². The highest BCUT2D eigenvalue weighted by Gasteiger charge is 2.44. The number of rotatable bonds is 7. The fourth-order valence-corrected chi connectivity index (χ4v) is 7.05. The number of aromatic nitrogens is 5. The molecule has 0 bridgehead atoms. The van der Waals surface area contributed by atoms with Crippen LogP contribution in [-0.2, 0) is 5.54 Å².